The predicted molar refractivity (Wildman–Crippen MR) is 132 cm³/mol. The number of ketones is 1. The zero-order valence-corrected chi connectivity index (χ0v) is 16.7. The van der Waals surface area contributed by atoms with Crippen LogP contribution in [0.1, 0.15) is 6.42 Å². The van der Waals surface area contributed by atoms with E-state index in [4.69, 9.17) is 0 Å². The molecule has 1 heteroatoms. The minimum Gasteiger partial charge on any atom is -0.294 e. The molecule has 0 spiro atoms. The fraction of sp³-hybridized carbons (Fsp3) is 0.0333. The lowest BCUT2D eigenvalue weighted by Gasteiger charge is -2.19. The van der Waals surface area contributed by atoms with Crippen LogP contribution in [0.4, 0.5) is 0 Å². The normalized spacial score (nSPS) is 14.3. The number of fused-ring (bicyclic) bond motifs is 4. The van der Waals surface area contributed by atoms with Gasteiger partial charge in [0.15, 0.2) is 5.78 Å². The van der Waals surface area contributed by atoms with Gasteiger partial charge in [-0.2, -0.15) is 0 Å². The van der Waals surface area contributed by atoms with Gasteiger partial charge < -0.3 is 0 Å². The molecule has 0 amide bonds. The highest BCUT2D eigenvalue weighted by molar-refractivity contribution is 6.39. The fourth-order valence-electron chi connectivity index (χ4n) is 5.95. The Morgan fingerprint density at radius 1 is 0.548 bits per heavy atom. The van der Waals surface area contributed by atoms with Crippen molar-refractivity contribution in [3.05, 3.63) is 83.2 Å². The maximum Gasteiger partial charge on any atom is 0.160 e. The lowest BCUT2D eigenvalue weighted by molar-refractivity contribution is -0.112. The summed E-state index contributed by atoms with van der Waals surface area (Å²) in [5.74, 6) is 0.186. The Hall–Kier alpha value is -3.97. The van der Waals surface area contributed by atoms with E-state index in [1.807, 2.05) is 6.08 Å². The zero-order valence-electron chi connectivity index (χ0n) is 16.7. The van der Waals surface area contributed by atoms with E-state index in [2.05, 4.69) is 78.9 Å². The Morgan fingerprint density at radius 3 is 2.00 bits per heavy atom. The van der Waals surface area contributed by atoms with Gasteiger partial charge in [0.1, 0.15) is 0 Å². The molecule has 1 aliphatic carbocycles. The number of carbonyl (C=O) groups excluding carboxylic acids is 1. The molecule has 0 fully saturated rings. The van der Waals surface area contributed by atoms with Gasteiger partial charge in [0, 0.05) is 6.42 Å². The van der Waals surface area contributed by atoms with Gasteiger partial charge in [-0.3, -0.25) is 4.79 Å². The van der Waals surface area contributed by atoms with Crippen LogP contribution in [0.2, 0.25) is 0 Å². The van der Waals surface area contributed by atoms with Gasteiger partial charge in [0.2, 0.25) is 0 Å². The minimum absolute atomic E-state index is 0.186. The molecule has 1 aliphatic rings. The second kappa shape index (κ2) is 5.19. The third-order valence-electron chi connectivity index (χ3n) is 7.23. The molecule has 0 N–H and O–H groups in total. The quantitative estimate of drug-likeness (QED) is 0.228. The summed E-state index contributed by atoms with van der Waals surface area (Å²) in [7, 11) is 0. The van der Waals surface area contributed by atoms with Crippen LogP contribution in [0.5, 0.6) is 0 Å². The van der Waals surface area contributed by atoms with Crippen LogP contribution in [0, 0.1) is 0 Å². The van der Waals surface area contributed by atoms with Gasteiger partial charge in [-0.05, 0) is 105 Å². The number of Topliss-reactive ketones (excluding diaryl/α,β-unsaturated/α-hetero) is 1. The van der Waals surface area contributed by atoms with Gasteiger partial charge in [-0.25, -0.2) is 0 Å². The minimum atomic E-state index is 0.186. The van der Waals surface area contributed by atoms with Crippen LogP contribution in [-0.4, -0.2) is 5.78 Å². The molecule has 0 atom stereocenters. The standard InChI is InChI=1S/C30H16O/c31-22-10-9-17-12-19-6-7-20-13-25-23-4-2-1-3-16(23)11-18-5-8-21-14-26(24(17)15-22)28(19)30(20)29(21)27(18)25/h1-9,11-15H,10H2. The molecule has 8 rings (SSSR count). The van der Waals surface area contributed by atoms with Crippen molar-refractivity contribution in [3.8, 4) is 0 Å². The van der Waals surface area contributed by atoms with Crippen molar-refractivity contribution < 1.29 is 4.79 Å². The summed E-state index contributed by atoms with van der Waals surface area (Å²) in [5, 5.41) is 17.7. The van der Waals surface area contributed by atoms with Crippen molar-refractivity contribution in [1.82, 2.24) is 0 Å². The maximum absolute atomic E-state index is 12.2. The SMILES string of the molecule is O=C1C=c2c(cc3ccc4cc5c6ccccc6cc6ccc7cc2c3c4c7c65)=CC1. The number of rotatable bonds is 0. The lowest BCUT2D eigenvalue weighted by atomic mass is 9.84. The number of hydrogen-bond acceptors (Lipinski definition) is 1. The fourth-order valence-corrected chi connectivity index (χ4v) is 5.95. The highest BCUT2D eigenvalue weighted by atomic mass is 16.1. The molecule has 0 radical (unpaired) electrons. The van der Waals surface area contributed by atoms with Crippen LogP contribution >= 0.6 is 0 Å². The molecule has 7 aromatic rings. The van der Waals surface area contributed by atoms with E-state index in [9.17, 15) is 4.79 Å². The Labute approximate surface area is 177 Å². The van der Waals surface area contributed by atoms with E-state index >= 15 is 0 Å². The van der Waals surface area contributed by atoms with Crippen LogP contribution in [-0.2, 0) is 4.79 Å². The molecule has 142 valence electrons. The van der Waals surface area contributed by atoms with Crippen molar-refractivity contribution in [2.24, 2.45) is 0 Å². The molecule has 7 aromatic carbocycles. The summed E-state index contributed by atoms with van der Waals surface area (Å²) in [4.78, 5) is 12.2. The lowest BCUT2D eigenvalue weighted by Crippen LogP contribution is -2.30. The molecule has 0 saturated heterocycles. The summed E-state index contributed by atoms with van der Waals surface area (Å²) >= 11 is 0. The molecular formula is C30H16O. The Kier molecular flexibility index (Phi) is 2.65. The monoisotopic (exact) mass is 392 g/mol. The molecule has 0 aromatic heterocycles. The third kappa shape index (κ3) is 1.85. The van der Waals surface area contributed by atoms with Crippen molar-refractivity contribution in [2.45, 2.75) is 6.42 Å². The first kappa shape index (κ1) is 15.8. The van der Waals surface area contributed by atoms with Gasteiger partial charge in [0.05, 0.1) is 0 Å². The van der Waals surface area contributed by atoms with E-state index in [0.29, 0.717) is 6.42 Å². The molecular weight excluding hydrogens is 376 g/mol. The molecule has 0 bridgehead atoms. The van der Waals surface area contributed by atoms with Gasteiger partial charge >= 0.3 is 0 Å². The maximum atomic E-state index is 12.2. The van der Waals surface area contributed by atoms with E-state index in [1.165, 1.54) is 69.9 Å². The molecule has 0 heterocycles. The van der Waals surface area contributed by atoms with Gasteiger partial charge in [-0.15, -0.1) is 0 Å². The van der Waals surface area contributed by atoms with Crippen LogP contribution in [0.25, 0.3) is 76.8 Å². The first-order chi connectivity index (χ1) is 15.3. The zero-order chi connectivity index (χ0) is 20.3. The number of carbonyl (C=O) groups is 1. The molecule has 1 nitrogen and oxygen atoms in total. The van der Waals surface area contributed by atoms with Crippen molar-refractivity contribution in [1.29, 1.82) is 0 Å². The molecule has 0 aliphatic heterocycles. The second-order valence-corrected chi connectivity index (χ2v) is 8.87. The smallest absolute Gasteiger partial charge is 0.160 e. The van der Waals surface area contributed by atoms with Crippen molar-refractivity contribution >= 4 is 82.6 Å². The van der Waals surface area contributed by atoms with Crippen LogP contribution in [0.15, 0.2) is 72.8 Å². The Balaban J connectivity index is 1.76. The molecule has 31 heavy (non-hydrogen) atoms. The van der Waals surface area contributed by atoms with Crippen LogP contribution in [0.3, 0.4) is 0 Å². The topological polar surface area (TPSA) is 17.1 Å². The second-order valence-electron chi connectivity index (χ2n) is 8.87. The molecule has 0 saturated carbocycles. The average Bonchev–Trinajstić information content (AvgIpc) is 2.80. The van der Waals surface area contributed by atoms with E-state index < -0.39 is 0 Å². The molecule has 0 unspecified atom stereocenters. The van der Waals surface area contributed by atoms with Gasteiger partial charge in [0.25, 0.3) is 0 Å². The predicted octanol–water partition coefficient (Wildman–Crippen LogP) is 6.02. The highest BCUT2D eigenvalue weighted by Gasteiger charge is 2.18. The first-order valence-corrected chi connectivity index (χ1v) is 10.8. The Morgan fingerprint density at radius 2 is 1.19 bits per heavy atom. The van der Waals surface area contributed by atoms with Gasteiger partial charge in [-0.1, -0.05) is 54.6 Å². The highest BCUT2D eigenvalue weighted by Crippen LogP contribution is 2.44. The third-order valence-corrected chi connectivity index (χ3v) is 7.23. The van der Waals surface area contributed by atoms with Crippen molar-refractivity contribution in [2.75, 3.05) is 0 Å². The van der Waals surface area contributed by atoms with E-state index in [0.717, 1.165) is 5.22 Å². The summed E-state index contributed by atoms with van der Waals surface area (Å²) < 4.78 is 0. The van der Waals surface area contributed by atoms with E-state index in [1.54, 1.807) is 0 Å². The van der Waals surface area contributed by atoms with Crippen molar-refractivity contribution in [3.63, 3.8) is 0 Å². The summed E-state index contributed by atoms with van der Waals surface area (Å²) in [6.45, 7) is 0. The number of benzene rings is 7. The summed E-state index contributed by atoms with van der Waals surface area (Å²) in [5.41, 5.74) is 0. The Bertz CT molecular complexity index is 2020. The van der Waals surface area contributed by atoms with E-state index in [-0.39, 0.29) is 5.78 Å². The summed E-state index contributed by atoms with van der Waals surface area (Å²) in [6, 6.07) is 26.9. The largest absolute Gasteiger partial charge is 0.294 e. The summed E-state index contributed by atoms with van der Waals surface area (Å²) in [6.07, 6.45) is 4.42. The van der Waals surface area contributed by atoms with Crippen LogP contribution < -0.4 is 10.4 Å². The number of hydrogen-bond donors (Lipinski definition) is 0. The average molecular weight is 392 g/mol. The first-order valence-electron chi connectivity index (χ1n) is 10.8.